The summed E-state index contributed by atoms with van der Waals surface area (Å²) in [5.74, 6) is -1.56. The summed E-state index contributed by atoms with van der Waals surface area (Å²) in [6.45, 7) is 1.94. The van der Waals surface area contributed by atoms with Gasteiger partial charge in [-0.25, -0.2) is 14.4 Å². The normalized spacial score (nSPS) is 11.0. The number of carbonyl (C=O) groups is 2. The summed E-state index contributed by atoms with van der Waals surface area (Å²) < 4.78 is 16.9. The number of aryl methyl sites for hydroxylation is 1. The highest BCUT2D eigenvalue weighted by Gasteiger charge is 2.32. The molecule has 29 heavy (non-hydrogen) atoms. The van der Waals surface area contributed by atoms with E-state index in [0.717, 1.165) is 5.56 Å². The highest BCUT2D eigenvalue weighted by Crippen LogP contribution is 2.34. The summed E-state index contributed by atoms with van der Waals surface area (Å²) in [4.78, 5) is 37.9. The third kappa shape index (κ3) is 2.79. The summed E-state index contributed by atoms with van der Waals surface area (Å²) in [6, 6.07) is 14.2. The predicted molar refractivity (Wildman–Crippen MR) is 107 cm³/mol. The molecule has 0 spiro atoms. The number of benzene rings is 2. The number of hydrogen-bond donors (Lipinski definition) is 0. The Labute approximate surface area is 165 Å². The third-order valence-corrected chi connectivity index (χ3v) is 4.78. The number of carbonyl (C=O) groups excluding carboxylic acids is 2. The van der Waals surface area contributed by atoms with Gasteiger partial charge in [0.05, 0.1) is 25.1 Å². The van der Waals surface area contributed by atoms with Gasteiger partial charge < -0.3 is 13.9 Å². The van der Waals surface area contributed by atoms with Gasteiger partial charge in [-0.1, -0.05) is 35.9 Å². The number of fused-ring (bicyclic) bond motifs is 3. The molecule has 4 rings (SSSR count). The summed E-state index contributed by atoms with van der Waals surface area (Å²) in [6.07, 6.45) is 0. The minimum absolute atomic E-state index is 0.0264. The van der Waals surface area contributed by atoms with Crippen LogP contribution in [0.3, 0.4) is 0 Å². The van der Waals surface area contributed by atoms with Crippen molar-refractivity contribution in [2.75, 3.05) is 14.2 Å². The van der Waals surface area contributed by atoms with E-state index < -0.39 is 17.6 Å². The number of aromatic nitrogens is 1. The lowest BCUT2D eigenvalue weighted by Gasteiger charge is -2.11. The Morgan fingerprint density at radius 1 is 0.897 bits per heavy atom. The first-order valence-electron chi connectivity index (χ1n) is 8.81. The van der Waals surface area contributed by atoms with Gasteiger partial charge in [-0.15, -0.1) is 0 Å². The number of methoxy groups -OCH3 is 2. The molecule has 0 bridgehead atoms. The number of esters is 2. The number of ether oxygens (including phenoxy) is 2. The van der Waals surface area contributed by atoms with Crippen LogP contribution in [-0.4, -0.2) is 30.7 Å². The van der Waals surface area contributed by atoms with E-state index in [1.54, 1.807) is 28.8 Å². The van der Waals surface area contributed by atoms with Crippen molar-refractivity contribution in [1.29, 1.82) is 0 Å². The Kier molecular flexibility index (Phi) is 4.43. The van der Waals surface area contributed by atoms with Crippen molar-refractivity contribution in [2.24, 2.45) is 0 Å². The van der Waals surface area contributed by atoms with E-state index in [9.17, 15) is 14.4 Å². The van der Waals surface area contributed by atoms with Gasteiger partial charge in [-0.05, 0) is 25.1 Å². The van der Waals surface area contributed by atoms with Crippen LogP contribution < -0.4 is 5.63 Å². The molecule has 0 aliphatic carbocycles. The van der Waals surface area contributed by atoms with Crippen molar-refractivity contribution in [3.8, 4) is 5.69 Å². The zero-order valence-corrected chi connectivity index (χ0v) is 16.0. The Hall–Kier alpha value is -3.87. The Morgan fingerprint density at radius 2 is 1.52 bits per heavy atom. The molecule has 2 heterocycles. The van der Waals surface area contributed by atoms with Crippen LogP contribution >= 0.6 is 0 Å². The quantitative estimate of drug-likeness (QED) is 0.496. The molecule has 0 radical (unpaired) electrons. The summed E-state index contributed by atoms with van der Waals surface area (Å²) in [7, 11) is 2.41. The van der Waals surface area contributed by atoms with Crippen LogP contribution in [0, 0.1) is 6.92 Å². The highest BCUT2D eigenvalue weighted by atomic mass is 16.5. The van der Waals surface area contributed by atoms with Crippen LogP contribution in [0.2, 0.25) is 0 Å². The van der Waals surface area contributed by atoms with Gasteiger partial charge in [-0.2, -0.15) is 0 Å². The van der Waals surface area contributed by atoms with E-state index >= 15 is 0 Å². The SMILES string of the molecule is COC(=O)c1c(C(=O)OC)n(-c2ccc(C)cc2)c2c1oc(=O)c1ccccc12. The molecule has 0 aliphatic rings. The third-order valence-electron chi connectivity index (χ3n) is 4.78. The van der Waals surface area contributed by atoms with Crippen molar-refractivity contribution in [2.45, 2.75) is 6.92 Å². The molecule has 2 aromatic heterocycles. The van der Waals surface area contributed by atoms with Gasteiger partial charge in [-0.3, -0.25) is 4.57 Å². The second-order valence-electron chi connectivity index (χ2n) is 6.49. The van der Waals surface area contributed by atoms with E-state index in [-0.39, 0.29) is 16.8 Å². The predicted octanol–water partition coefficient (Wildman–Crippen LogP) is 3.62. The van der Waals surface area contributed by atoms with Gasteiger partial charge in [0.15, 0.2) is 11.3 Å². The molecule has 0 unspecified atom stereocenters. The second kappa shape index (κ2) is 6.94. The molecule has 0 aliphatic heterocycles. The lowest BCUT2D eigenvalue weighted by molar-refractivity contribution is 0.0550. The second-order valence-corrected chi connectivity index (χ2v) is 6.49. The molecule has 7 heteroatoms. The highest BCUT2D eigenvalue weighted by molar-refractivity contribution is 6.17. The average molecular weight is 391 g/mol. The molecule has 0 fully saturated rings. The Bertz CT molecular complexity index is 1330. The maximum atomic E-state index is 12.7. The fourth-order valence-electron chi connectivity index (χ4n) is 3.44. The van der Waals surface area contributed by atoms with E-state index in [1.165, 1.54) is 14.2 Å². The molecule has 0 atom stereocenters. The van der Waals surface area contributed by atoms with Crippen LogP contribution in [0.5, 0.6) is 0 Å². The van der Waals surface area contributed by atoms with Crippen molar-refractivity contribution in [3.05, 3.63) is 75.8 Å². The fraction of sp³-hybridized carbons (Fsp3) is 0.136. The Balaban J connectivity index is 2.31. The molecule has 0 amide bonds. The lowest BCUT2D eigenvalue weighted by atomic mass is 10.1. The van der Waals surface area contributed by atoms with Crippen LogP contribution in [0.1, 0.15) is 26.4 Å². The molecule has 146 valence electrons. The first kappa shape index (κ1) is 18.5. The van der Waals surface area contributed by atoms with E-state index in [0.29, 0.717) is 22.0 Å². The zero-order valence-electron chi connectivity index (χ0n) is 16.0. The van der Waals surface area contributed by atoms with Gasteiger partial charge in [0.1, 0.15) is 5.56 Å². The van der Waals surface area contributed by atoms with E-state index in [2.05, 4.69) is 0 Å². The summed E-state index contributed by atoms with van der Waals surface area (Å²) in [5, 5.41) is 0.873. The monoisotopic (exact) mass is 391 g/mol. The largest absolute Gasteiger partial charge is 0.465 e. The van der Waals surface area contributed by atoms with Crippen molar-refractivity contribution >= 4 is 33.8 Å². The van der Waals surface area contributed by atoms with Crippen LogP contribution in [0.25, 0.3) is 27.6 Å². The zero-order chi connectivity index (χ0) is 20.7. The number of rotatable bonds is 3. The number of nitrogens with zero attached hydrogens (tertiary/aromatic N) is 1. The maximum absolute atomic E-state index is 12.7. The molecule has 0 saturated carbocycles. The molecule has 4 aromatic rings. The first-order chi connectivity index (χ1) is 14.0. The van der Waals surface area contributed by atoms with Crippen LogP contribution in [-0.2, 0) is 9.47 Å². The molecule has 2 aromatic carbocycles. The molecular formula is C22H17NO6. The maximum Gasteiger partial charge on any atom is 0.356 e. The lowest BCUT2D eigenvalue weighted by Crippen LogP contribution is -2.15. The summed E-state index contributed by atoms with van der Waals surface area (Å²) >= 11 is 0. The van der Waals surface area contributed by atoms with E-state index in [4.69, 9.17) is 13.9 Å². The van der Waals surface area contributed by atoms with Gasteiger partial charge in [0.2, 0.25) is 0 Å². The first-order valence-corrected chi connectivity index (χ1v) is 8.81. The average Bonchev–Trinajstić information content (AvgIpc) is 3.08. The van der Waals surface area contributed by atoms with Crippen molar-refractivity contribution in [1.82, 2.24) is 4.57 Å². The van der Waals surface area contributed by atoms with Crippen LogP contribution in [0.15, 0.2) is 57.7 Å². The van der Waals surface area contributed by atoms with E-state index in [1.807, 2.05) is 31.2 Å². The van der Waals surface area contributed by atoms with Gasteiger partial charge >= 0.3 is 17.6 Å². The summed E-state index contributed by atoms with van der Waals surface area (Å²) in [5.41, 5.74) is 1.17. The minimum atomic E-state index is -0.806. The fourth-order valence-corrected chi connectivity index (χ4v) is 3.44. The standard InChI is InChI=1S/C22H17NO6/c1-12-8-10-13(11-9-12)23-17-14-6-4-5-7-15(14)20(24)29-19(17)16(21(25)27-2)18(23)22(26)28-3/h4-11H,1-3H3. The minimum Gasteiger partial charge on any atom is -0.465 e. The molecular weight excluding hydrogens is 374 g/mol. The molecule has 0 saturated heterocycles. The van der Waals surface area contributed by atoms with Crippen LogP contribution in [0.4, 0.5) is 0 Å². The smallest absolute Gasteiger partial charge is 0.356 e. The van der Waals surface area contributed by atoms with Crippen molar-refractivity contribution < 1.29 is 23.5 Å². The molecule has 0 N–H and O–H groups in total. The number of hydrogen-bond acceptors (Lipinski definition) is 6. The topological polar surface area (TPSA) is 87.7 Å². The van der Waals surface area contributed by atoms with Gasteiger partial charge in [0, 0.05) is 11.1 Å². The van der Waals surface area contributed by atoms with Crippen molar-refractivity contribution in [3.63, 3.8) is 0 Å². The Morgan fingerprint density at radius 3 is 2.14 bits per heavy atom. The van der Waals surface area contributed by atoms with Gasteiger partial charge in [0.25, 0.3) is 0 Å². The molecule has 7 nitrogen and oxygen atoms in total.